The standard InChI is InChI=1S/C14H21N3/c1-3-4-5-8-11(2)15-14-16-12-9-6-7-10-13(12)17-14/h6-7,9-11H,3-5,8H2,1-2H3,(H2,15,16,17). The molecular weight excluding hydrogens is 210 g/mol. The minimum atomic E-state index is 0.474. The van der Waals surface area contributed by atoms with Gasteiger partial charge in [-0.2, -0.15) is 0 Å². The summed E-state index contributed by atoms with van der Waals surface area (Å²) in [6, 6.07) is 8.59. The van der Waals surface area contributed by atoms with Crippen LogP contribution in [0.3, 0.4) is 0 Å². The molecule has 1 atom stereocenters. The van der Waals surface area contributed by atoms with E-state index in [-0.39, 0.29) is 0 Å². The van der Waals surface area contributed by atoms with Gasteiger partial charge >= 0.3 is 0 Å². The molecule has 0 saturated heterocycles. The molecule has 92 valence electrons. The molecule has 2 aromatic rings. The van der Waals surface area contributed by atoms with Gasteiger partial charge in [0, 0.05) is 6.04 Å². The number of anilines is 1. The Morgan fingerprint density at radius 2 is 2.12 bits per heavy atom. The van der Waals surface area contributed by atoms with Crippen molar-refractivity contribution >= 4 is 17.0 Å². The average Bonchev–Trinajstić information content (AvgIpc) is 2.71. The summed E-state index contributed by atoms with van der Waals surface area (Å²) >= 11 is 0. The van der Waals surface area contributed by atoms with E-state index in [0.29, 0.717) is 6.04 Å². The molecule has 0 amide bonds. The fourth-order valence-corrected chi connectivity index (χ4v) is 2.03. The first-order valence-electron chi connectivity index (χ1n) is 6.51. The highest BCUT2D eigenvalue weighted by Crippen LogP contribution is 2.15. The van der Waals surface area contributed by atoms with Gasteiger partial charge in [0.25, 0.3) is 0 Å². The molecule has 1 unspecified atom stereocenters. The van der Waals surface area contributed by atoms with E-state index in [2.05, 4.69) is 35.2 Å². The monoisotopic (exact) mass is 231 g/mol. The van der Waals surface area contributed by atoms with Crippen LogP contribution in [0, 0.1) is 0 Å². The summed E-state index contributed by atoms with van der Waals surface area (Å²) in [4.78, 5) is 7.81. The van der Waals surface area contributed by atoms with E-state index in [0.717, 1.165) is 17.0 Å². The third-order valence-corrected chi connectivity index (χ3v) is 3.01. The number of rotatable bonds is 6. The van der Waals surface area contributed by atoms with E-state index in [1.165, 1.54) is 25.7 Å². The highest BCUT2D eigenvalue weighted by atomic mass is 15.1. The average molecular weight is 231 g/mol. The van der Waals surface area contributed by atoms with Gasteiger partial charge in [0.1, 0.15) is 0 Å². The van der Waals surface area contributed by atoms with Crippen LogP contribution in [0.25, 0.3) is 11.0 Å². The van der Waals surface area contributed by atoms with Crippen molar-refractivity contribution < 1.29 is 0 Å². The van der Waals surface area contributed by atoms with Gasteiger partial charge in [-0.1, -0.05) is 38.3 Å². The summed E-state index contributed by atoms with van der Waals surface area (Å²) in [6.07, 6.45) is 5.07. The number of nitrogens with zero attached hydrogens (tertiary/aromatic N) is 1. The second-order valence-corrected chi connectivity index (χ2v) is 4.64. The molecular formula is C14H21N3. The summed E-state index contributed by atoms with van der Waals surface area (Å²) in [6.45, 7) is 4.44. The van der Waals surface area contributed by atoms with Crippen molar-refractivity contribution in [3.63, 3.8) is 0 Å². The normalized spacial score (nSPS) is 12.8. The molecule has 0 aliphatic carbocycles. The maximum absolute atomic E-state index is 4.51. The minimum absolute atomic E-state index is 0.474. The number of imidazole rings is 1. The van der Waals surface area contributed by atoms with Crippen LogP contribution < -0.4 is 5.32 Å². The van der Waals surface area contributed by atoms with Crippen LogP contribution >= 0.6 is 0 Å². The predicted molar refractivity (Wildman–Crippen MR) is 73.3 cm³/mol. The van der Waals surface area contributed by atoms with Gasteiger partial charge in [-0.15, -0.1) is 0 Å². The van der Waals surface area contributed by atoms with Crippen LogP contribution in [0.1, 0.15) is 39.5 Å². The second-order valence-electron chi connectivity index (χ2n) is 4.64. The van der Waals surface area contributed by atoms with Crippen molar-refractivity contribution in [1.82, 2.24) is 9.97 Å². The Morgan fingerprint density at radius 3 is 2.88 bits per heavy atom. The van der Waals surface area contributed by atoms with Crippen molar-refractivity contribution in [2.75, 3.05) is 5.32 Å². The zero-order valence-corrected chi connectivity index (χ0v) is 10.7. The molecule has 0 fully saturated rings. The van der Waals surface area contributed by atoms with Crippen LogP contribution in [0.5, 0.6) is 0 Å². The summed E-state index contributed by atoms with van der Waals surface area (Å²) in [7, 11) is 0. The van der Waals surface area contributed by atoms with Gasteiger partial charge in [-0.25, -0.2) is 4.98 Å². The molecule has 0 aliphatic rings. The Kier molecular flexibility index (Phi) is 4.02. The lowest BCUT2D eigenvalue weighted by molar-refractivity contribution is 0.613. The van der Waals surface area contributed by atoms with Gasteiger partial charge in [0.15, 0.2) is 0 Å². The Hall–Kier alpha value is -1.51. The maximum Gasteiger partial charge on any atom is 0.201 e. The number of benzene rings is 1. The number of H-pyrrole nitrogens is 1. The maximum atomic E-state index is 4.51. The molecule has 3 nitrogen and oxygen atoms in total. The summed E-state index contributed by atoms with van der Waals surface area (Å²) in [5.41, 5.74) is 2.12. The van der Waals surface area contributed by atoms with Crippen molar-refractivity contribution in [3.05, 3.63) is 24.3 Å². The van der Waals surface area contributed by atoms with Crippen molar-refractivity contribution in [1.29, 1.82) is 0 Å². The number of hydrogen-bond donors (Lipinski definition) is 2. The molecule has 1 aromatic heterocycles. The largest absolute Gasteiger partial charge is 0.353 e. The molecule has 1 aromatic carbocycles. The van der Waals surface area contributed by atoms with E-state index in [9.17, 15) is 0 Å². The first-order valence-corrected chi connectivity index (χ1v) is 6.51. The van der Waals surface area contributed by atoms with E-state index in [1.807, 2.05) is 18.2 Å². The number of aromatic nitrogens is 2. The third-order valence-electron chi connectivity index (χ3n) is 3.01. The zero-order valence-electron chi connectivity index (χ0n) is 10.7. The number of unbranched alkanes of at least 4 members (excludes halogenated alkanes) is 2. The third kappa shape index (κ3) is 3.22. The smallest absolute Gasteiger partial charge is 0.201 e. The number of nitrogens with one attached hydrogen (secondary N) is 2. The van der Waals surface area contributed by atoms with Gasteiger partial charge < -0.3 is 10.3 Å². The molecule has 0 radical (unpaired) electrons. The van der Waals surface area contributed by atoms with Crippen molar-refractivity contribution in [3.8, 4) is 0 Å². The van der Waals surface area contributed by atoms with E-state index >= 15 is 0 Å². The molecule has 2 rings (SSSR count). The first kappa shape index (κ1) is 12.0. The molecule has 1 heterocycles. The number of hydrogen-bond acceptors (Lipinski definition) is 2. The molecule has 0 bridgehead atoms. The number of aromatic amines is 1. The first-order chi connectivity index (χ1) is 8.29. The predicted octanol–water partition coefficient (Wildman–Crippen LogP) is 3.94. The van der Waals surface area contributed by atoms with E-state index < -0.39 is 0 Å². The molecule has 0 aliphatic heterocycles. The molecule has 0 spiro atoms. The van der Waals surface area contributed by atoms with Gasteiger partial charge in [0.05, 0.1) is 11.0 Å². The quantitative estimate of drug-likeness (QED) is 0.739. The van der Waals surface area contributed by atoms with Crippen LogP contribution in [-0.4, -0.2) is 16.0 Å². The lowest BCUT2D eigenvalue weighted by Crippen LogP contribution is -2.15. The Labute approximate surface area is 103 Å². The van der Waals surface area contributed by atoms with Crippen LogP contribution in [-0.2, 0) is 0 Å². The van der Waals surface area contributed by atoms with Crippen LogP contribution in [0.2, 0.25) is 0 Å². The fraction of sp³-hybridized carbons (Fsp3) is 0.500. The Bertz CT molecular complexity index is 428. The highest BCUT2D eigenvalue weighted by Gasteiger charge is 2.05. The molecule has 3 heteroatoms. The number of fused-ring (bicyclic) bond motifs is 1. The van der Waals surface area contributed by atoms with Crippen molar-refractivity contribution in [2.45, 2.75) is 45.6 Å². The molecule has 0 saturated carbocycles. The highest BCUT2D eigenvalue weighted by molar-refractivity contribution is 5.77. The van der Waals surface area contributed by atoms with Gasteiger partial charge in [0.2, 0.25) is 5.95 Å². The summed E-state index contributed by atoms with van der Waals surface area (Å²) in [5, 5.41) is 3.42. The SMILES string of the molecule is CCCCCC(C)Nc1nc2ccccc2[nH]1. The lowest BCUT2D eigenvalue weighted by atomic mass is 10.1. The van der Waals surface area contributed by atoms with Crippen LogP contribution in [0.4, 0.5) is 5.95 Å². The van der Waals surface area contributed by atoms with Gasteiger partial charge in [-0.3, -0.25) is 0 Å². The summed E-state index contributed by atoms with van der Waals surface area (Å²) < 4.78 is 0. The fourth-order valence-electron chi connectivity index (χ4n) is 2.03. The topological polar surface area (TPSA) is 40.7 Å². The lowest BCUT2D eigenvalue weighted by Gasteiger charge is -2.12. The zero-order chi connectivity index (χ0) is 12.1. The van der Waals surface area contributed by atoms with Crippen LogP contribution in [0.15, 0.2) is 24.3 Å². The summed E-state index contributed by atoms with van der Waals surface area (Å²) in [5.74, 6) is 0.884. The molecule has 2 N–H and O–H groups in total. The van der Waals surface area contributed by atoms with Crippen molar-refractivity contribution in [2.24, 2.45) is 0 Å². The Balaban J connectivity index is 1.93. The number of para-hydroxylation sites is 2. The Morgan fingerprint density at radius 1 is 1.29 bits per heavy atom. The minimum Gasteiger partial charge on any atom is -0.353 e. The molecule has 17 heavy (non-hydrogen) atoms. The van der Waals surface area contributed by atoms with E-state index in [4.69, 9.17) is 0 Å². The van der Waals surface area contributed by atoms with Gasteiger partial charge in [-0.05, 0) is 25.5 Å². The second kappa shape index (κ2) is 5.71. The van der Waals surface area contributed by atoms with E-state index in [1.54, 1.807) is 0 Å².